The number of carboxylic acids is 1. The molecule has 0 saturated heterocycles. The average molecular weight is 204 g/mol. The predicted molar refractivity (Wildman–Crippen MR) is 41.8 cm³/mol. The first-order valence-corrected chi connectivity index (χ1v) is 3.27. The molecule has 0 aliphatic heterocycles. The Morgan fingerprint density at radius 3 is 2.43 bits per heavy atom. The normalized spacial score (nSPS) is 8.86. The van der Waals surface area contributed by atoms with Crippen LogP contribution in [0.15, 0.2) is 18.2 Å². The van der Waals surface area contributed by atoms with Gasteiger partial charge in [-0.2, -0.15) is 0 Å². The molecular weight excluding hydrogens is 199 g/mol. The van der Waals surface area contributed by atoms with Gasteiger partial charge in [0.1, 0.15) is 0 Å². The van der Waals surface area contributed by atoms with Crippen LogP contribution in [0, 0.1) is 10.1 Å². The summed E-state index contributed by atoms with van der Waals surface area (Å²) in [4.78, 5) is 19.9. The number of nitro groups is 1. The van der Waals surface area contributed by atoms with E-state index in [1.807, 2.05) is 0 Å². The van der Waals surface area contributed by atoms with Crippen molar-refractivity contribution in [2.45, 2.75) is 0 Å². The Morgan fingerprint density at radius 1 is 1.43 bits per heavy atom. The van der Waals surface area contributed by atoms with Crippen molar-refractivity contribution in [2.24, 2.45) is 0 Å². The van der Waals surface area contributed by atoms with E-state index in [-0.39, 0.29) is 46.5 Å². The van der Waals surface area contributed by atoms with Crippen molar-refractivity contribution in [2.75, 3.05) is 5.73 Å². The van der Waals surface area contributed by atoms with Gasteiger partial charge in [0.05, 0.1) is 10.9 Å². The molecule has 68 valence electrons. The van der Waals surface area contributed by atoms with Crippen molar-refractivity contribution >= 4 is 17.3 Å². The fourth-order valence-corrected chi connectivity index (χ4v) is 0.835. The number of benzene rings is 1. The van der Waals surface area contributed by atoms with Gasteiger partial charge in [-0.1, -0.05) is 0 Å². The van der Waals surface area contributed by atoms with Gasteiger partial charge in [0.15, 0.2) is 0 Å². The van der Waals surface area contributed by atoms with Crippen LogP contribution in [0.5, 0.6) is 0 Å². The molecule has 0 radical (unpaired) electrons. The Kier molecular flexibility index (Phi) is 4.55. The molecule has 0 amide bonds. The van der Waals surface area contributed by atoms with Gasteiger partial charge in [-0.25, -0.2) is 0 Å². The molecule has 0 aliphatic carbocycles. The van der Waals surface area contributed by atoms with Gasteiger partial charge in [0.2, 0.25) is 0 Å². The number of anilines is 1. The van der Waals surface area contributed by atoms with Crippen LogP contribution in [0.1, 0.15) is 10.4 Å². The van der Waals surface area contributed by atoms with Crippen molar-refractivity contribution < 1.29 is 44.4 Å². The average Bonchev–Trinajstić information content (AvgIpc) is 2.04. The van der Waals surface area contributed by atoms with Gasteiger partial charge in [0.25, 0.3) is 5.69 Å². The molecule has 7 heteroatoms. The number of aromatic carboxylic acids is 1. The van der Waals surface area contributed by atoms with E-state index >= 15 is 0 Å². The molecule has 0 atom stereocenters. The molecule has 0 fully saturated rings. The third kappa shape index (κ3) is 2.69. The van der Waals surface area contributed by atoms with Crippen LogP contribution in [0.2, 0.25) is 0 Å². The van der Waals surface area contributed by atoms with Crippen molar-refractivity contribution in [3.8, 4) is 0 Å². The molecule has 1 rings (SSSR count). The third-order valence-corrected chi connectivity index (χ3v) is 1.47. The molecular formula is C7H5N2NaO4. The van der Waals surface area contributed by atoms with Gasteiger partial charge < -0.3 is 15.6 Å². The zero-order chi connectivity index (χ0) is 10.0. The van der Waals surface area contributed by atoms with Gasteiger partial charge in [-0.15, -0.1) is 0 Å². The minimum Gasteiger partial charge on any atom is -0.545 e. The van der Waals surface area contributed by atoms with Crippen LogP contribution in [-0.4, -0.2) is 10.9 Å². The van der Waals surface area contributed by atoms with Gasteiger partial charge in [-0.05, 0) is 6.07 Å². The Labute approximate surface area is 101 Å². The van der Waals surface area contributed by atoms with Crippen LogP contribution < -0.4 is 40.4 Å². The van der Waals surface area contributed by atoms with Crippen LogP contribution >= 0.6 is 0 Å². The molecule has 0 heterocycles. The van der Waals surface area contributed by atoms with E-state index < -0.39 is 10.9 Å². The quantitative estimate of drug-likeness (QED) is 0.233. The number of carboxylic acid groups (broad SMARTS) is 1. The molecule has 0 saturated carbocycles. The van der Waals surface area contributed by atoms with E-state index in [1.54, 1.807) is 0 Å². The minimum absolute atomic E-state index is 0. The smallest absolute Gasteiger partial charge is 0.545 e. The molecule has 0 aromatic heterocycles. The van der Waals surface area contributed by atoms with Crippen LogP contribution in [0.25, 0.3) is 0 Å². The zero-order valence-electron chi connectivity index (χ0n) is 7.39. The van der Waals surface area contributed by atoms with Crippen molar-refractivity contribution in [3.05, 3.63) is 33.9 Å². The topological polar surface area (TPSA) is 109 Å². The fraction of sp³-hybridized carbons (Fsp3) is 0. The number of nitrogen functional groups attached to an aromatic ring is 1. The molecule has 0 spiro atoms. The molecule has 14 heavy (non-hydrogen) atoms. The molecule has 6 nitrogen and oxygen atoms in total. The van der Waals surface area contributed by atoms with Crippen molar-refractivity contribution in [3.63, 3.8) is 0 Å². The number of hydrogen-bond donors (Lipinski definition) is 1. The fourth-order valence-electron chi connectivity index (χ4n) is 0.835. The van der Waals surface area contributed by atoms with E-state index in [9.17, 15) is 20.0 Å². The second kappa shape index (κ2) is 4.94. The SMILES string of the molecule is Nc1ccc([N+](=O)[O-])cc1C(=O)[O-].[Na+]. The van der Waals surface area contributed by atoms with Crippen LogP contribution in [-0.2, 0) is 0 Å². The Hall–Kier alpha value is -1.11. The van der Waals surface area contributed by atoms with Crippen LogP contribution in [0.3, 0.4) is 0 Å². The number of nitrogens with two attached hydrogens (primary N) is 1. The van der Waals surface area contributed by atoms with Gasteiger partial charge >= 0.3 is 29.6 Å². The summed E-state index contributed by atoms with van der Waals surface area (Å²) in [6.45, 7) is 0. The number of carbonyl (C=O) groups excluding carboxylic acids is 1. The summed E-state index contributed by atoms with van der Waals surface area (Å²) in [5.74, 6) is -1.53. The van der Waals surface area contributed by atoms with E-state index in [0.717, 1.165) is 18.2 Å². The summed E-state index contributed by atoms with van der Waals surface area (Å²) in [7, 11) is 0. The Morgan fingerprint density at radius 2 is 2.00 bits per heavy atom. The second-order valence-corrected chi connectivity index (χ2v) is 2.32. The van der Waals surface area contributed by atoms with E-state index in [1.165, 1.54) is 0 Å². The number of nitro benzene ring substituents is 1. The second-order valence-electron chi connectivity index (χ2n) is 2.32. The summed E-state index contributed by atoms with van der Waals surface area (Å²) < 4.78 is 0. The first kappa shape index (κ1) is 12.9. The van der Waals surface area contributed by atoms with Crippen molar-refractivity contribution in [1.29, 1.82) is 0 Å². The van der Waals surface area contributed by atoms with E-state index in [2.05, 4.69) is 0 Å². The van der Waals surface area contributed by atoms with Gasteiger partial charge in [-0.3, -0.25) is 10.1 Å². The molecule has 0 aliphatic rings. The molecule has 0 bridgehead atoms. The summed E-state index contributed by atoms with van der Waals surface area (Å²) >= 11 is 0. The number of carbonyl (C=O) groups is 1. The maximum absolute atomic E-state index is 10.4. The summed E-state index contributed by atoms with van der Waals surface area (Å²) in [6.07, 6.45) is 0. The zero-order valence-corrected chi connectivity index (χ0v) is 9.39. The largest absolute Gasteiger partial charge is 1.00 e. The standard InChI is InChI=1S/C7H6N2O4.Na/c8-6-2-1-4(9(12)13)3-5(6)7(10)11;/h1-3H,8H2,(H,10,11);/q;+1/p-1. The first-order chi connectivity index (χ1) is 6.02. The van der Waals surface area contributed by atoms with E-state index in [0.29, 0.717) is 0 Å². The molecule has 1 aromatic carbocycles. The van der Waals surface area contributed by atoms with Crippen molar-refractivity contribution in [1.82, 2.24) is 0 Å². The predicted octanol–water partition coefficient (Wildman–Crippen LogP) is -3.46. The molecule has 0 unspecified atom stereocenters. The maximum Gasteiger partial charge on any atom is 1.00 e. The number of non-ortho nitro benzene ring substituents is 1. The minimum atomic E-state index is -1.53. The molecule has 2 N–H and O–H groups in total. The number of nitrogens with zero attached hydrogens (tertiary/aromatic N) is 1. The van der Waals surface area contributed by atoms with Gasteiger partial charge in [0, 0.05) is 23.4 Å². The summed E-state index contributed by atoms with van der Waals surface area (Å²) in [5, 5.41) is 20.6. The first-order valence-electron chi connectivity index (χ1n) is 3.27. The summed E-state index contributed by atoms with van der Waals surface area (Å²) in [6, 6.07) is 3.15. The maximum atomic E-state index is 10.4. The Balaban J connectivity index is 0.00000169. The third-order valence-electron chi connectivity index (χ3n) is 1.47. The molecule has 1 aromatic rings. The van der Waals surface area contributed by atoms with E-state index in [4.69, 9.17) is 5.73 Å². The number of hydrogen-bond acceptors (Lipinski definition) is 5. The summed E-state index contributed by atoms with van der Waals surface area (Å²) in [5.41, 5.74) is 4.50. The monoisotopic (exact) mass is 204 g/mol. The Bertz CT molecular complexity index is 380. The van der Waals surface area contributed by atoms with Crippen LogP contribution in [0.4, 0.5) is 11.4 Å². The number of rotatable bonds is 2.